The van der Waals surface area contributed by atoms with Crippen LogP contribution in [-0.2, 0) is 13.6 Å². The summed E-state index contributed by atoms with van der Waals surface area (Å²) in [5.74, 6) is 3.45. The zero-order chi connectivity index (χ0) is 15.2. The molecule has 1 aliphatic carbocycles. The summed E-state index contributed by atoms with van der Waals surface area (Å²) in [6, 6.07) is 0.533. The Morgan fingerprint density at radius 3 is 2.55 bits per heavy atom. The van der Waals surface area contributed by atoms with E-state index in [4.69, 9.17) is 0 Å². The number of halogens is 1. The van der Waals surface area contributed by atoms with E-state index < -0.39 is 0 Å². The van der Waals surface area contributed by atoms with Crippen molar-refractivity contribution in [3.63, 3.8) is 0 Å². The molecule has 7 heteroatoms. The van der Waals surface area contributed by atoms with Gasteiger partial charge in [0.2, 0.25) is 0 Å². The van der Waals surface area contributed by atoms with Crippen molar-refractivity contribution in [3.8, 4) is 0 Å². The van der Waals surface area contributed by atoms with Gasteiger partial charge in [0.15, 0.2) is 5.96 Å². The Morgan fingerprint density at radius 1 is 1.36 bits per heavy atom. The third-order valence-corrected chi connectivity index (χ3v) is 4.50. The van der Waals surface area contributed by atoms with E-state index in [1.807, 2.05) is 14.1 Å². The van der Waals surface area contributed by atoms with Gasteiger partial charge in [-0.3, -0.25) is 9.67 Å². The largest absolute Gasteiger partial charge is 0.354 e. The van der Waals surface area contributed by atoms with E-state index in [1.54, 1.807) is 11.0 Å². The summed E-state index contributed by atoms with van der Waals surface area (Å²) in [5.41, 5.74) is 0. The number of nitrogens with zero attached hydrogens (tertiary/aromatic N) is 4. The molecule has 1 aromatic heterocycles. The normalized spacial score (nSPS) is 22.3. The molecule has 22 heavy (non-hydrogen) atoms. The zero-order valence-corrected chi connectivity index (χ0v) is 16.4. The maximum absolute atomic E-state index is 4.30. The Kier molecular flexibility index (Phi) is 8.13. The highest BCUT2D eigenvalue weighted by Gasteiger charge is 2.23. The SMILES string of the molecule is CN=C(NCc1ncnn1C)NC1CCC(C(C)C)CC1.I. The fraction of sp³-hybridized carbons (Fsp3) is 0.800. The van der Waals surface area contributed by atoms with Crippen molar-refractivity contribution >= 4 is 29.9 Å². The van der Waals surface area contributed by atoms with Gasteiger partial charge in [-0.15, -0.1) is 24.0 Å². The molecule has 0 spiro atoms. The molecule has 0 amide bonds. The number of hydrogen-bond donors (Lipinski definition) is 2. The molecule has 0 aromatic carbocycles. The maximum atomic E-state index is 4.30. The highest BCUT2D eigenvalue weighted by molar-refractivity contribution is 14.0. The molecule has 2 rings (SSSR count). The first-order valence-electron chi connectivity index (χ1n) is 7.90. The lowest BCUT2D eigenvalue weighted by atomic mass is 9.80. The first kappa shape index (κ1) is 19.2. The number of aliphatic imine (C=N–C) groups is 1. The van der Waals surface area contributed by atoms with Gasteiger partial charge in [-0.2, -0.15) is 5.10 Å². The van der Waals surface area contributed by atoms with Crippen LogP contribution < -0.4 is 10.6 Å². The summed E-state index contributed by atoms with van der Waals surface area (Å²) in [7, 11) is 3.71. The molecule has 0 saturated heterocycles. The van der Waals surface area contributed by atoms with Crippen LogP contribution in [0.4, 0.5) is 0 Å². The predicted octanol–water partition coefficient (Wildman–Crippen LogP) is 2.31. The molecule has 0 aliphatic heterocycles. The van der Waals surface area contributed by atoms with Crippen molar-refractivity contribution in [1.29, 1.82) is 0 Å². The summed E-state index contributed by atoms with van der Waals surface area (Å²) in [6.45, 7) is 5.30. The molecule has 0 unspecified atom stereocenters. The molecule has 6 nitrogen and oxygen atoms in total. The second-order valence-electron chi connectivity index (χ2n) is 6.23. The van der Waals surface area contributed by atoms with Crippen LogP contribution >= 0.6 is 24.0 Å². The first-order chi connectivity index (χ1) is 10.1. The van der Waals surface area contributed by atoms with E-state index in [9.17, 15) is 0 Å². The third kappa shape index (κ3) is 5.40. The van der Waals surface area contributed by atoms with Gasteiger partial charge in [-0.1, -0.05) is 13.8 Å². The van der Waals surface area contributed by atoms with Crippen LogP contribution in [0.5, 0.6) is 0 Å². The van der Waals surface area contributed by atoms with Gasteiger partial charge >= 0.3 is 0 Å². The van der Waals surface area contributed by atoms with Gasteiger partial charge < -0.3 is 10.6 Å². The van der Waals surface area contributed by atoms with Gasteiger partial charge in [-0.25, -0.2) is 4.98 Å². The van der Waals surface area contributed by atoms with Crippen LogP contribution in [0, 0.1) is 11.8 Å². The standard InChI is InChI=1S/C15H28N6.HI/c1-11(2)12-5-7-13(8-6-12)20-15(16-3)17-9-14-18-10-19-21(14)4;/h10-13H,5-9H2,1-4H3,(H2,16,17,20);1H. The predicted molar refractivity (Wildman–Crippen MR) is 100 cm³/mol. The van der Waals surface area contributed by atoms with Gasteiger partial charge in [0.05, 0.1) is 6.54 Å². The highest BCUT2D eigenvalue weighted by atomic mass is 127. The lowest BCUT2D eigenvalue weighted by Gasteiger charge is -2.32. The van der Waals surface area contributed by atoms with Crippen molar-refractivity contribution in [3.05, 3.63) is 12.2 Å². The Balaban J connectivity index is 0.00000242. The van der Waals surface area contributed by atoms with Crippen LogP contribution in [-0.4, -0.2) is 33.8 Å². The number of guanidine groups is 1. The van der Waals surface area contributed by atoms with E-state index >= 15 is 0 Å². The number of aromatic nitrogens is 3. The fourth-order valence-corrected chi connectivity index (χ4v) is 2.96. The monoisotopic (exact) mass is 420 g/mol. The molecule has 126 valence electrons. The maximum Gasteiger partial charge on any atom is 0.191 e. The van der Waals surface area contributed by atoms with Crippen molar-refractivity contribution in [2.45, 2.75) is 52.1 Å². The molecule has 1 fully saturated rings. The molecular weight excluding hydrogens is 391 g/mol. The van der Waals surface area contributed by atoms with Crippen LogP contribution in [0.2, 0.25) is 0 Å². The van der Waals surface area contributed by atoms with E-state index in [1.165, 1.54) is 25.7 Å². The molecule has 0 radical (unpaired) electrons. The molecule has 1 heterocycles. The van der Waals surface area contributed by atoms with Gasteiger partial charge in [0.25, 0.3) is 0 Å². The number of aryl methyl sites for hydroxylation is 1. The Hall–Kier alpha value is -0.860. The average molecular weight is 420 g/mol. The number of hydrogen-bond acceptors (Lipinski definition) is 3. The molecule has 0 bridgehead atoms. The first-order valence-corrected chi connectivity index (χ1v) is 7.90. The van der Waals surface area contributed by atoms with E-state index in [-0.39, 0.29) is 24.0 Å². The summed E-state index contributed by atoms with van der Waals surface area (Å²) in [6.07, 6.45) is 6.66. The lowest BCUT2D eigenvalue weighted by Crippen LogP contribution is -2.45. The highest BCUT2D eigenvalue weighted by Crippen LogP contribution is 2.29. The fourth-order valence-electron chi connectivity index (χ4n) is 2.96. The molecular formula is C15H29IN6. The van der Waals surface area contributed by atoms with Crippen molar-refractivity contribution in [2.75, 3.05) is 7.05 Å². The van der Waals surface area contributed by atoms with Crippen molar-refractivity contribution < 1.29 is 0 Å². The summed E-state index contributed by atoms with van der Waals surface area (Å²) < 4.78 is 1.77. The smallest absolute Gasteiger partial charge is 0.191 e. The molecule has 2 N–H and O–H groups in total. The summed E-state index contributed by atoms with van der Waals surface area (Å²) >= 11 is 0. The second kappa shape index (κ2) is 9.32. The van der Waals surface area contributed by atoms with Gasteiger partial charge in [0, 0.05) is 20.1 Å². The van der Waals surface area contributed by atoms with Crippen LogP contribution in [0.3, 0.4) is 0 Å². The van der Waals surface area contributed by atoms with Crippen LogP contribution in [0.15, 0.2) is 11.3 Å². The van der Waals surface area contributed by atoms with E-state index in [2.05, 4.69) is 39.6 Å². The Morgan fingerprint density at radius 2 is 2.05 bits per heavy atom. The van der Waals surface area contributed by atoms with Crippen LogP contribution in [0.25, 0.3) is 0 Å². The minimum Gasteiger partial charge on any atom is -0.354 e. The second-order valence-corrected chi connectivity index (χ2v) is 6.23. The zero-order valence-electron chi connectivity index (χ0n) is 14.0. The Labute approximate surface area is 150 Å². The van der Waals surface area contributed by atoms with Gasteiger partial charge in [0.1, 0.15) is 12.2 Å². The molecule has 1 saturated carbocycles. The molecule has 1 aliphatic rings. The summed E-state index contributed by atoms with van der Waals surface area (Å²) in [5, 5.41) is 10.9. The topological polar surface area (TPSA) is 67.1 Å². The number of nitrogens with one attached hydrogen (secondary N) is 2. The minimum absolute atomic E-state index is 0. The van der Waals surface area contributed by atoms with Gasteiger partial charge in [-0.05, 0) is 37.5 Å². The van der Waals surface area contributed by atoms with Crippen molar-refractivity contribution in [2.24, 2.45) is 23.9 Å². The van der Waals surface area contributed by atoms with Crippen molar-refractivity contribution in [1.82, 2.24) is 25.4 Å². The summed E-state index contributed by atoms with van der Waals surface area (Å²) in [4.78, 5) is 8.51. The van der Waals surface area contributed by atoms with E-state index in [0.717, 1.165) is 23.6 Å². The molecule has 1 aromatic rings. The quantitative estimate of drug-likeness (QED) is 0.446. The van der Waals surface area contributed by atoms with E-state index in [0.29, 0.717) is 12.6 Å². The third-order valence-electron chi connectivity index (χ3n) is 4.50. The average Bonchev–Trinajstić information content (AvgIpc) is 2.89. The van der Waals surface area contributed by atoms with Crippen LogP contribution in [0.1, 0.15) is 45.4 Å². The minimum atomic E-state index is 0. The number of rotatable bonds is 4. The lowest BCUT2D eigenvalue weighted by molar-refractivity contribution is 0.250. The Bertz CT molecular complexity index is 462. The molecule has 0 atom stereocenters.